The second-order valence-corrected chi connectivity index (χ2v) is 4.97. The molecule has 1 heterocycles. The molecule has 2 aromatic rings. The molecule has 0 aliphatic carbocycles. The zero-order chi connectivity index (χ0) is 13.7. The normalized spacial score (nSPS) is 10.2. The molecular weight excluding hydrogens is 258 g/mol. The Morgan fingerprint density at radius 2 is 2.21 bits per heavy atom. The van der Waals surface area contributed by atoms with Crippen LogP contribution in [-0.2, 0) is 6.42 Å². The Labute approximate surface area is 116 Å². The molecule has 0 aliphatic rings. The first kappa shape index (κ1) is 13.4. The molecule has 0 unspecified atom stereocenters. The number of anilines is 2. The van der Waals surface area contributed by atoms with Crippen LogP contribution in [0.1, 0.15) is 15.9 Å². The number of hydrogen-bond acceptors (Lipinski definition) is 4. The second-order valence-electron chi connectivity index (χ2n) is 4.19. The summed E-state index contributed by atoms with van der Waals surface area (Å²) in [5.41, 5.74) is 9.09. The van der Waals surface area contributed by atoms with Crippen molar-refractivity contribution < 1.29 is 4.79 Å². The number of nitrogens with two attached hydrogens (primary N) is 1. The van der Waals surface area contributed by atoms with Crippen LogP contribution in [-0.4, -0.2) is 19.5 Å². The zero-order valence-electron chi connectivity index (χ0n) is 10.8. The van der Waals surface area contributed by atoms with Crippen molar-refractivity contribution in [3.05, 3.63) is 46.2 Å². The van der Waals surface area contributed by atoms with Crippen molar-refractivity contribution in [2.45, 2.75) is 6.42 Å². The van der Waals surface area contributed by atoms with Crippen LogP contribution >= 0.6 is 11.3 Å². The lowest BCUT2D eigenvalue weighted by Gasteiger charge is -2.11. The van der Waals surface area contributed by atoms with Crippen molar-refractivity contribution in [2.24, 2.45) is 0 Å². The first-order chi connectivity index (χ1) is 9.20. The minimum atomic E-state index is -0.113. The predicted octanol–water partition coefficient (Wildman–Crippen LogP) is 2.34. The maximum atomic E-state index is 11.7. The van der Waals surface area contributed by atoms with Gasteiger partial charge in [0.05, 0.1) is 5.56 Å². The van der Waals surface area contributed by atoms with Crippen LogP contribution < -0.4 is 16.4 Å². The van der Waals surface area contributed by atoms with Gasteiger partial charge in [-0.25, -0.2) is 0 Å². The molecular formula is C14H17N3OS. The Hall–Kier alpha value is -2.01. The van der Waals surface area contributed by atoms with E-state index >= 15 is 0 Å². The summed E-state index contributed by atoms with van der Waals surface area (Å²) in [5.74, 6) is -0.113. The molecule has 0 radical (unpaired) electrons. The average molecular weight is 275 g/mol. The molecule has 0 bridgehead atoms. The van der Waals surface area contributed by atoms with E-state index in [1.807, 2.05) is 0 Å². The third kappa shape index (κ3) is 3.48. The van der Waals surface area contributed by atoms with Crippen LogP contribution in [0.2, 0.25) is 0 Å². The molecule has 5 heteroatoms. The fourth-order valence-corrected chi connectivity index (χ4v) is 2.52. The van der Waals surface area contributed by atoms with E-state index in [0.717, 1.165) is 18.7 Å². The number of carbonyl (C=O) groups is 1. The van der Waals surface area contributed by atoms with Gasteiger partial charge in [0.15, 0.2) is 0 Å². The molecule has 1 aromatic heterocycles. The summed E-state index contributed by atoms with van der Waals surface area (Å²) in [4.78, 5) is 11.7. The topological polar surface area (TPSA) is 67.2 Å². The summed E-state index contributed by atoms with van der Waals surface area (Å²) in [6.07, 6.45) is 0.922. The van der Waals surface area contributed by atoms with Gasteiger partial charge in [0, 0.05) is 25.0 Å². The zero-order valence-corrected chi connectivity index (χ0v) is 11.6. The lowest BCUT2D eigenvalue weighted by atomic mass is 10.1. The largest absolute Gasteiger partial charge is 0.399 e. The molecule has 0 aliphatic heterocycles. The summed E-state index contributed by atoms with van der Waals surface area (Å²) >= 11 is 1.69. The Bertz CT molecular complexity index is 552. The van der Waals surface area contributed by atoms with Crippen molar-refractivity contribution >= 4 is 28.6 Å². The number of benzene rings is 1. The Morgan fingerprint density at radius 3 is 2.89 bits per heavy atom. The highest BCUT2D eigenvalue weighted by atomic mass is 32.1. The standard InChI is InChI=1S/C14H17N3OS/c1-16-14(18)12-3-2-11(15)8-13(12)17-6-4-10-5-7-19-9-10/h2-3,5,7-9,17H,4,6,15H2,1H3,(H,16,18). The van der Waals surface area contributed by atoms with Crippen LogP contribution in [0.5, 0.6) is 0 Å². The molecule has 0 spiro atoms. The number of thiophene rings is 1. The van der Waals surface area contributed by atoms with E-state index in [1.165, 1.54) is 5.56 Å². The van der Waals surface area contributed by atoms with Gasteiger partial charge in [-0.05, 0) is 47.0 Å². The predicted molar refractivity (Wildman–Crippen MR) is 80.8 cm³/mol. The maximum absolute atomic E-state index is 11.7. The number of rotatable bonds is 5. The number of nitrogens with one attached hydrogen (secondary N) is 2. The highest BCUT2D eigenvalue weighted by molar-refractivity contribution is 7.07. The molecule has 4 N–H and O–H groups in total. The third-order valence-corrected chi connectivity index (χ3v) is 3.56. The summed E-state index contributed by atoms with van der Waals surface area (Å²) in [5, 5.41) is 10.1. The van der Waals surface area contributed by atoms with Crippen molar-refractivity contribution in [3.8, 4) is 0 Å². The van der Waals surface area contributed by atoms with E-state index in [9.17, 15) is 4.79 Å². The van der Waals surface area contributed by atoms with Gasteiger partial charge in [-0.3, -0.25) is 4.79 Å². The smallest absolute Gasteiger partial charge is 0.253 e. The van der Waals surface area contributed by atoms with Crippen molar-refractivity contribution in [3.63, 3.8) is 0 Å². The summed E-state index contributed by atoms with van der Waals surface area (Å²) in [6.45, 7) is 0.768. The number of amides is 1. The van der Waals surface area contributed by atoms with Gasteiger partial charge in [0.25, 0.3) is 5.91 Å². The van der Waals surface area contributed by atoms with Crippen molar-refractivity contribution in [2.75, 3.05) is 24.6 Å². The fraction of sp³-hybridized carbons (Fsp3) is 0.214. The lowest BCUT2D eigenvalue weighted by Crippen LogP contribution is -2.20. The summed E-state index contributed by atoms with van der Waals surface area (Å²) < 4.78 is 0. The van der Waals surface area contributed by atoms with Crippen molar-refractivity contribution in [1.82, 2.24) is 5.32 Å². The van der Waals surface area contributed by atoms with Gasteiger partial charge in [0.2, 0.25) is 0 Å². The Morgan fingerprint density at radius 1 is 1.37 bits per heavy atom. The van der Waals surface area contributed by atoms with E-state index in [1.54, 1.807) is 36.6 Å². The van der Waals surface area contributed by atoms with Crippen LogP contribution in [0, 0.1) is 0 Å². The maximum Gasteiger partial charge on any atom is 0.253 e. The van der Waals surface area contributed by atoms with Gasteiger partial charge < -0.3 is 16.4 Å². The van der Waals surface area contributed by atoms with Crippen LogP contribution in [0.4, 0.5) is 11.4 Å². The minimum absolute atomic E-state index is 0.113. The van der Waals surface area contributed by atoms with Gasteiger partial charge in [-0.2, -0.15) is 11.3 Å². The fourth-order valence-electron chi connectivity index (χ4n) is 1.82. The van der Waals surface area contributed by atoms with Crippen molar-refractivity contribution in [1.29, 1.82) is 0 Å². The molecule has 0 saturated heterocycles. The number of nitrogen functional groups attached to an aromatic ring is 1. The van der Waals surface area contributed by atoms with Crippen LogP contribution in [0.3, 0.4) is 0 Å². The van der Waals surface area contributed by atoms with E-state index in [4.69, 9.17) is 5.73 Å². The first-order valence-corrected chi connectivity index (χ1v) is 7.01. The van der Waals surface area contributed by atoms with Gasteiger partial charge >= 0.3 is 0 Å². The molecule has 2 rings (SSSR count). The monoisotopic (exact) mass is 275 g/mol. The lowest BCUT2D eigenvalue weighted by molar-refractivity contribution is 0.0964. The highest BCUT2D eigenvalue weighted by Crippen LogP contribution is 2.19. The molecule has 1 aromatic carbocycles. The first-order valence-electron chi connectivity index (χ1n) is 6.07. The van der Waals surface area contributed by atoms with Gasteiger partial charge in [-0.15, -0.1) is 0 Å². The average Bonchev–Trinajstić information content (AvgIpc) is 2.91. The second kappa shape index (κ2) is 6.24. The van der Waals surface area contributed by atoms with Crippen LogP contribution in [0.15, 0.2) is 35.0 Å². The third-order valence-electron chi connectivity index (χ3n) is 2.82. The highest BCUT2D eigenvalue weighted by Gasteiger charge is 2.09. The molecule has 100 valence electrons. The Kier molecular flexibility index (Phi) is 4.41. The molecule has 0 saturated carbocycles. The number of hydrogen-bond donors (Lipinski definition) is 3. The van der Waals surface area contributed by atoms with E-state index < -0.39 is 0 Å². The number of carbonyl (C=O) groups excluding carboxylic acids is 1. The molecule has 0 fully saturated rings. The summed E-state index contributed by atoms with van der Waals surface area (Å²) in [7, 11) is 1.62. The van der Waals surface area contributed by atoms with Crippen LogP contribution in [0.25, 0.3) is 0 Å². The molecule has 19 heavy (non-hydrogen) atoms. The Balaban J connectivity index is 2.05. The quantitative estimate of drug-likeness (QED) is 0.734. The van der Waals surface area contributed by atoms with E-state index in [-0.39, 0.29) is 5.91 Å². The molecule has 1 amide bonds. The molecule has 4 nitrogen and oxygen atoms in total. The molecule has 0 atom stereocenters. The summed E-state index contributed by atoms with van der Waals surface area (Å²) in [6, 6.07) is 7.36. The van der Waals surface area contributed by atoms with E-state index in [2.05, 4.69) is 27.5 Å². The van der Waals surface area contributed by atoms with E-state index in [0.29, 0.717) is 11.3 Å². The van der Waals surface area contributed by atoms with Gasteiger partial charge in [-0.1, -0.05) is 0 Å². The SMILES string of the molecule is CNC(=O)c1ccc(N)cc1NCCc1ccsc1. The minimum Gasteiger partial charge on any atom is -0.399 e. The van der Waals surface area contributed by atoms with Gasteiger partial charge in [0.1, 0.15) is 0 Å².